The highest BCUT2D eigenvalue weighted by molar-refractivity contribution is 6.07. The molecule has 0 spiro atoms. The molecule has 2 amide bonds. The topological polar surface area (TPSA) is 90.5 Å². The molecule has 1 fully saturated rings. The lowest BCUT2D eigenvalue weighted by Crippen LogP contribution is -2.44. The van der Waals surface area contributed by atoms with Gasteiger partial charge in [0.2, 0.25) is 0 Å². The summed E-state index contributed by atoms with van der Waals surface area (Å²) in [5, 5.41) is 5.32. The number of halogens is 1. The summed E-state index contributed by atoms with van der Waals surface area (Å²) in [6.45, 7) is 3.73. The molecule has 0 saturated carbocycles. The van der Waals surface area contributed by atoms with Crippen LogP contribution < -0.4 is 15.5 Å². The van der Waals surface area contributed by atoms with Gasteiger partial charge in [-0.25, -0.2) is 9.37 Å². The third-order valence-electron chi connectivity index (χ3n) is 5.19. The van der Waals surface area contributed by atoms with E-state index >= 15 is 0 Å². The van der Waals surface area contributed by atoms with Gasteiger partial charge < -0.3 is 20.4 Å². The zero-order chi connectivity index (χ0) is 22.5. The first-order chi connectivity index (χ1) is 15.5. The van der Waals surface area contributed by atoms with E-state index < -0.39 is 17.6 Å². The van der Waals surface area contributed by atoms with E-state index in [1.54, 1.807) is 24.4 Å². The quantitative estimate of drug-likeness (QED) is 0.642. The number of carbonyl (C=O) groups excluding carboxylic acids is 2. The van der Waals surface area contributed by atoms with Crippen LogP contribution in [0.4, 0.5) is 21.6 Å². The summed E-state index contributed by atoms with van der Waals surface area (Å²) in [6.07, 6.45) is 4.56. The molecule has 1 aliphatic rings. The highest BCUT2D eigenvalue weighted by Gasteiger charge is 2.16. The normalized spacial score (nSPS) is 14.1. The van der Waals surface area contributed by atoms with Crippen LogP contribution in [0.2, 0.25) is 0 Å². The summed E-state index contributed by atoms with van der Waals surface area (Å²) < 4.78 is 14.1. The smallest absolute Gasteiger partial charge is 0.255 e. The first-order valence-electron chi connectivity index (χ1n) is 10.2. The molecule has 9 heteroatoms. The Kier molecular flexibility index (Phi) is 6.37. The second-order valence-electron chi connectivity index (χ2n) is 7.57. The molecule has 3 aromatic rings. The first-order valence-corrected chi connectivity index (χ1v) is 10.2. The van der Waals surface area contributed by atoms with Crippen molar-refractivity contribution >= 4 is 29.0 Å². The Labute approximate surface area is 185 Å². The number of piperazine rings is 1. The van der Waals surface area contributed by atoms with E-state index in [2.05, 4.69) is 37.4 Å². The molecular weight excluding hydrogens is 411 g/mol. The van der Waals surface area contributed by atoms with Crippen LogP contribution in [0.5, 0.6) is 0 Å². The van der Waals surface area contributed by atoms with E-state index in [4.69, 9.17) is 0 Å². The summed E-state index contributed by atoms with van der Waals surface area (Å²) in [5.74, 6) is -0.708. The standard InChI is InChI=1S/C23H23FN6O2/c1-29-8-10-30(11-9-29)21-3-2-19(15-26-21)27-23(32)17-12-18(24)14-20(13-17)28-22(31)16-4-6-25-7-5-16/h2-7,12-15H,8-11H2,1H3,(H,27,32)(H,28,31). The van der Waals surface area contributed by atoms with Gasteiger partial charge in [0, 0.05) is 55.4 Å². The number of anilines is 3. The molecule has 2 aromatic heterocycles. The van der Waals surface area contributed by atoms with Gasteiger partial charge in [-0.1, -0.05) is 0 Å². The van der Waals surface area contributed by atoms with E-state index in [9.17, 15) is 14.0 Å². The minimum absolute atomic E-state index is 0.0816. The highest BCUT2D eigenvalue weighted by Crippen LogP contribution is 2.19. The number of rotatable bonds is 5. The number of amides is 2. The third-order valence-corrected chi connectivity index (χ3v) is 5.19. The molecule has 4 rings (SSSR count). The maximum atomic E-state index is 14.1. The minimum Gasteiger partial charge on any atom is -0.354 e. The summed E-state index contributed by atoms with van der Waals surface area (Å²) in [5.41, 5.74) is 1.14. The predicted octanol–water partition coefficient (Wildman–Crippen LogP) is 2.87. The molecule has 1 saturated heterocycles. The molecule has 0 atom stereocenters. The summed E-state index contributed by atoms with van der Waals surface area (Å²) >= 11 is 0. The van der Waals surface area contributed by atoms with E-state index in [0.717, 1.165) is 44.1 Å². The molecule has 0 bridgehead atoms. The van der Waals surface area contributed by atoms with Gasteiger partial charge in [0.05, 0.1) is 11.9 Å². The Balaban J connectivity index is 1.42. The maximum Gasteiger partial charge on any atom is 0.255 e. The van der Waals surface area contributed by atoms with Crippen molar-refractivity contribution in [2.45, 2.75) is 0 Å². The van der Waals surface area contributed by atoms with E-state index in [1.165, 1.54) is 18.5 Å². The number of hydrogen-bond donors (Lipinski definition) is 2. The summed E-state index contributed by atoms with van der Waals surface area (Å²) in [7, 11) is 2.09. The molecule has 0 aliphatic carbocycles. The van der Waals surface area contributed by atoms with Crippen molar-refractivity contribution in [3.05, 3.63) is 78.0 Å². The lowest BCUT2D eigenvalue weighted by Gasteiger charge is -2.33. The highest BCUT2D eigenvalue weighted by atomic mass is 19.1. The van der Waals surface area contributed by atoms with Crippen LogP contribution in [0.3, 0.4) is 0 Å². The minimum atomic E-state index is -0.633. The fourth-order valence-corrected chi connectivity index (χ4v) is 3.39. The van der Waals surface area contributed by atoms with Gasteiger partial charge in [-0.05, 0) is 49.5 Å². The largest absolute Gasteiger partial charge is 0.354 e. The van der Waals surface area contributed by atoms with Crippen molar-refractivity contribution in [2.75, 3.05) is 48.8 Å². The van der Waals surface area contributed by atoms with Crippen molar-refractivity contribution in [3.8, 4) is 0 Å². The monoisotopic (exact) mass is 434 g/mol. The van der Waals surface area contributed by atoms with E-state index in [0.29, 0.717) is 11.3 Å². The van der Waals surface area contributed by atoms with Crippen molar-refractivity contribution in [2.24, 2.45) is 0 Å². The fraction of sp³-hybridized carbons (Fsp3) is 0.217. The van der Waals surface area contributed by atoms with E-state index in [1.807, 2.05) is 6.07 Å². The second kappa shape index (κ2) is 9.52. The Hall–Kier alpha value is -3.85. The lowest BCUT2D eigenvalue weighted by molar-refractivity contribution is 0.101. The number of nitrogens with zero attached hydrogens (tertiary/aromatic N) is 4. The zero-order valence-electron chi connectivity index (χ0n) is 17.6. The molecular formula is C23H23FN6O2. The second-order valence-corrected chi connectivity index (χ2v) is 7.57. The molecule has 32 heavy (non-hydrogen) atoms. The Morgan fingerprint density at radius 2 is 1.56 bits per heavy atom. The summed E-state index contributed by atoms with van der Waals surface area (Å²) in [6, 6.07) is 10.4. The van der Waals surface area contributed by atoms with Crippen LogP contribution in [0.15, 0.2) is 61.1 Å². The number of carbonyl (C=O) groups is 2. The van der Waals surface area contributed by atoms with Gasteiger partial charge in [0.15, 0.2) is 0 Å². The fourth-order valence-electron chi connectivity index (χ4n) is 3.39. The molecule has 2 N–H and O–H groups in total. The Bertz CT molecular complexity index is 1100. The van der Waals surface area contributed by atoms with Crippen molar-refractivity contribution in [1.29, 1.82) is 0 Å². The maximum absolute atomic E-state index is 14.1. The van der Waals surface area contributed by atoms with E-state index in [-0.39, 0.29) is 11.3 Å². The third kappa shape index (κ3) is 5.25. The first kappa shape index (κ1) is 21.4. The van der Waals surface area contributed by atoms with Crippen LogP contribution in [0.1, 0.15) is 20.7 Å². The van der Waals surface area contributed by atoms with Crippen molar-refractivity contribution in [1.82, 2.24) is 14.9 Å². The average molecular weight is 434 g/mol. The number of likely N-dealkylation sites (N-methyl/N-ethyl adjacent to an activating group) is 1. The van der Waals surface area contributed by atoms with Crippen molar-refractivity contribution < 1.29 is 14.0 Å². The van der Waals surface area contributed by atoms with Crippen LogP contribution in [-0.4, -0.2) is 59.9 Å². The van der Waals surface area contributed by atoms with Crippen LogP contribution in [0.25, 0.3) is 0 Å². The SMILES string of the molecule is CN1CCN(c2ccc(NC(=O)c3cc(F)cc(NC(=O)c4ccncc4)c3)cn2)CC1. The average Bonchev–Trinajstić information content (AvgIpc) is 2.80. The molecule has 0 radical (unpaired) electrons. The Morgan fingerprint density at radius 1 is 0.875 bits per heavy atom. The number of hydrogen-bond acceptors (Lipinski definition) is 6. The molecule has 0 unspecified atom stereocenters. The van der Waals surface area contributed by atoms with Gasteiger partial charge in [0.1, 0.15) is 11.6 Å². The molecule has 8 nitrogen and oxygen atoms in total. The van der Waals surface area contributed by atoms with Gasteiger partial charge in [-0.2, -0.15) is 0 Å². The van der Waals surface area contributed by atoms with Crippen LogP contribution in [0, 0.1) is 5.82 Å². The number of benzene rings is 1. The van der Waals surface area contributed by atoms with Crippen LogP contribution in [-0.2, 0) is 0 Å². The van der Waals surface area contributed by atoms with Crippen LogP contribution >= 0.6 is 0 Å². The molecule has 3 heterocycles. The Morgan fingerprint density at radius 3 is 2.25 bits per heavy atom. The molecule has 164 valence electrons. The lowest BCUT2D eigenvalue weighted by atomic mass is 10.1. The number of pyridine rings is 2. The number of nitrogens with one attached hydrogen (secondary N) is 2. The number of aromatic nitrogens is 2. The summed E-state index contributed by atoms with van der Waals surface area (Å²) in [4.78, 5) is 37.7. The van der Waals surface area contributed by atoms with Gasteiger partial charge in [-0.15, -0.1) is 0 Å². The zero-order valence-corrected chi connectivity index (χ0v) is 17.6. The molecule has 1 aliphatic heterocycles. The van der Waals surface area contributed by atoms with Gasteiger partial charge in [0.25, 0.3) is 11.8 Å². The predicted molar refractivity (Wildman–Crippen MR) is 120 cm³/mol. The molecule has 1 aromatic carbocycles. The van der Waals surface area contributed by atoms with Gasteiger partial charge in [-0.3, -0.25) is 14.6 Å². The van der Waals surface area contributed by atoms with Crippen molar-refractivity contribution in [3.63, 3.8) is 0 Å². The van der Waals surface area contributed by atoms with Gasteiger partial charge >= 0.3 is 0 Å².